The minimum absolute atomic E-state index is 0.0802. The van der Waals surface area contributed by atoms with Gasteiger partial charge in [-0.15, -0.1) is 0 Å². The summed E-state index contributed by atoms with van der Waals surface area (Å²) in [4.78, 5) is 22.9. The highest BCUT2D eigenvalue weighted by Gasteiger charge is 2.24. The number of hydrogen-bond acceptors (Lipinski definition) is 4. The molecule has 0 fully saturated rings. The lowest BCUT2D eigenvalue weighted by molar-refractivity contribution is 0.0935. The third-order valence-corrected chi connectivity index (χ3v) is 4.05. The first kappa shape index (κ1) is 14.5. The number of carbonyl (C=O) groups is 1. The molecule has 0 saturated carbocycles. The van der Waals surface area contributed by atoms with Gasteiger partial charge in [0.1, 0.15) is 0 Å². The minimum atomic E-state index is -0.107. The van der Waals surface area contributed by atoms with Gasteiger partial charge in [-0.3, -0.25) is 4.79 Å². The van der Waals surface area contributed by atoms with Crippen LogP contribution in [0.2, 0.25) is 0 Å². The zero-order valence-electron chi connectivity index (χ0n) is 13.1. The third kappa shape index (κ3) is 2.66. The predicted molar refractivity (Wildman–Crippen MR) is 86.1 cm³/mol. The van der Waals surface area contributed by atoms with Gasteiger partial charge in [-0.05, 0) is 30.9 Å². The molecule has 0 aliphatic heterocycles. The molecule has 1 heterocycles. The van der Waals surface area contributed by atoms with E-state index < -0.39 is 0 Å². The topological polar surface area (TPSA) is 58.1 Å². The third-order valence-electron chi connectivity index (χ3n) is 4.05. The van der Waals surface area contributed by atoms with Crippen LogP contribution in [0, 0.1) is 6.92 Å². The van der Waals surface area contributed by atoms with Crippen LogP contribution in [-0.4, -0.2) is 30.0 Å². The average molecular weight is 296 g/mol. The number of hydrogen-bond donors (Lipinski definition) is 1. The Labute approximate surface area is 130 Å². The number of aryl methyl sites for hydroxylation is 2. The van der Waals surface area contributed by atoms with Crippen molar-refractivity contribution >= 4 is 11.9 Å². The highest BCUT2D eigenvalue weighted by atomic mass is 16.1. The molecular formula is C17H20N4O. The van der Waals surface area contributed by atoms with Crippen LogP contribution in [0.3, 0.4) is 0 Å². The summed E-state index contributed by atoms with van der Waals surface area (Å²) in [6, 6.07) is 8.36. The number of carbonyl (C=O) groups excluding carboxylic acids is 1. The van der Waals surface area contributed by atoms with E-state index in [1.807, 2.05) is 38.1 Å². The first-order valence-corrected chi connectivity index (χ1v) is 7.46. The molecule has 1 aliphatic rings. The number of nitrogens with one attached hydrogen (secondary N) is 1. The second kappa shape index (κ2) is 5.75. The van der Waals surface area contributed by atoms with E-state index in [1.165, 1.54) is 11.1 Å². The van der Waals surface area contributed by atoms with Crippen molar-refractivity contribution < 1.29 is 4.79 Å². The molecule has 0 radical (unpaired) electrons. The van der Waals surface area contributed by atoms with Crippen molar-refractivity contribution in [3.63, 3.8) is 0 Å². The van der Waals surface area contributed by atoms with Crippen LogP contribution in [0.15, 0.2) is 30.5 Å². The van der Waals surface area contributed by atoms with Gasteiger partial charge in [-0.25, -0.2) is 9.97 Å². The molecule has 3 rings (SSSR count). The maximum atomic E-state index is 12.5. The van der Waals surface area contributed by atoms with E-state index >= 15 is 0 Å². The van der Waals surface area contributed by atoms with E-state index in [4.69, 9.17) is 0 Å². The lowest BCUT2D eigenvalue weighted by Crippen LogP contribution is -2.28. The van der Waals surface area contributed by atoms with Crippen molar-refractivity contribution in [2.24, 2.45) is 0 Å². The second-order valence-corrected chi connectivity index (χ2v) is 5.83. The van der Waals surface area contributed by atoms with Crippen LogP contribution in [0.25, 0.3) is 0 Å². The largest absolute Gasteiger partial charge is 0.347 e. The fraction of sp³-hybridized carbons (Fsp3) is 0.353. The molecule has 22 heavy (non-hydrogen) atoms. The number of fused-ring (bicyclic) bond motifs is 1. The number of anilines is 1. The van der Waals surface area contributed by atoms with Crippen molar-refractivity contribution in [2.75, 3.05) is 19.0 Å². The van der Waals surface area contributed by atoms with E-state index in [9.17, 15) is 4.79 Å². The van der Waals surface area contributed by atoms with Crippen LogP contribution in [0.4, 0.5) is 5.95 Å². The Kier molecular flexibility index (Phi) is 3.79. The monoisotopic (exact) mass is 296 g/mol. The Balaban J connectivity index is 1.79. The SMILES string of the molecule is Cc1nc(N(C)C)ncc1C(=O)N[C@@H]1CCc2ccccc21. The van der Waals surface area contributed by atoms with Gasteiger partial charge in [0, 0.05) is 20.3 Å². The van der Waals surface area contributed by atoms with E-state index in [-0.39, 0.29) is 11.9 Å². The van der Waals surface area contributed by atoms with Crippen molar-refractivity contribution in [1.82, 2.24) is 15.3 Å². The molecule has 114 valence electrons. The zero-order chi connectivity index (χ0) is 15.7. The predicted octanol–water partition coefficient (Wildman–Crippen LogP) is 2.27. The summed E-state index contributed by atoms with van der Waals surface area (Å²) in [7, 11) is 3.76. The summed E-state index contributed by atoms with van der Waals surface area (Å²) in [5.74, 6) is 0.504. The Morgan fingerprint density at radius 2 is 2.09 bits per heavy atom. The summed E-state index contributed by atoms with van der Waals surface area (Å²) >= 11 is 0. The Morgan fingerprint density at radius 3 is 2.82 bits per heavy atom. The van der Waals surface area contributed by atoms with Gasteiger partial charge in [0.05, 0.1) is 17.3 Å². The lowest BCUT2D eigenvalue weighted by atomic mass is 10.1. The molecular weight excluding hydrogens is 276 g/mol. The molecule has 5 nitrogen and oxygen atoms in total. The highest BCUT2D eigenvalue weighted by Crippen LogP contribution is 2.30. The van der Waals surface area contributed by atoms with E-state index in [0.29, 0.717) is 17.2 Å². The van der Waals surface area contributed by atoms with Gasteiger partial charge in [0.2, 0.25) is 5.95 Å². The molecule has 0 unspecified atom stereocenters. The molecule has 1 N–H and O–H groups in total. The van der Waals surface area contributed by atoms with Gasteiger partial charge in [-0.1, -0.05) is 24.3 Å². The van der Waals surface area contributed by atoms with Crippen molar-refractivity contribution in [3.8, 4) is 0 Å². The summed E-state index contributed by atoms with van der Waals surface area (Å²) in [5, 5.41) is 3.11. The van der Waals surface area contributed by atoms with E-state index in [0.717, 1.165) is 12.8 Å². The standard InChI is InChI=1S/C17H20N4O/c1-11-14(10-18-17(19-11)21(2)3)16(22)20-15-9-8-12-6-4-5-7-13(12)15/h4-7,10,15H,8-9H2,1-3H3,(H,20,22)/t15-/m1/s1. The minimum Gasteiger partial charge on any atom is -0.347 e. The fourth-order valence-corrected chi connectivity index (χ4v) is 2.84. The molecule has 0 bridgehead atoms. The Morgan fingerprint density at radius 1 is 1.32 bits per heavy atom. The number of aromatic nitrogens is 2. The highest BCUT2D eigenvalue weighted by molar-refractivity contribution is 5.95. The van der Waals surface area contributed by atoms with Gasteiger partial charge in [-0.2, -0.15) is 0 Å². The maximum Gasteiger partial charge on any atom is 0.255 e. The van der Waals surface area contributed by atoms with Crippen molar-refractivity contribution in [3.05, 3.63) is 52.8 Å². The fourth-order valence-electron chi connectivity index (χ4n) is 2.84. The number of rotatable bonds is 3. The summed E-state index contributed by atoms with van der Waals surface area (Å²) in [6.45, 7) is 1.84. The molecule has 2 aromatic rings. The smallest absolute Gasteiger partial charge is 0.255 e. The first-order valence-electron chi connectivity index (χ1n) is 7.46. The van der Waals surface area contributed by atoms with E-state index in [2.05, 4.69) is 27.4 Å². The van der Waals surface area contributed by atoms with Crippen LogP contribution >= 0.6 is 0 Å². The van der Waals surface area contributed by atoms with Gasteiger partial charge >= 0.3 is 0 Å². The van der Waals surface area contributed by atoms with Crippen molar-refractivity contribution in [2.45, 2.75) is 25.8 Å². The maximum absolute atomic E-state index is 12.5. The van der Waals surface area contributed by atoms with Crippen LogP contribution in [0.5, 0.6) is 0 Å². The summed E-state index contributed by atoms with van der Waals surface area (Å²) in [5.41, 5.74) is 3.78. The molecule has 5 heteroatoms. The van der Waals surface area contributed by atoms with Crippen LogP contribution in [-0.2, 0) is 6.42 Å². The zero-order valence-corrected chi connectivity index (χ0v) is 13.1. The number of amides is 1. The number of benzene rings is 1. The normalized spacial score (nSPS) is 16.2. The molecule has 1 aliphatic carbocycles. The molecule has 1 aromatic carbocycles. The molecule has 0 saturated heterocycles. The van der Waals surface area contributed by atoms with E-state index in [1.54, 1.807) is 6.20 Å². The van der Waals surface area contributed by atoms with Crippen molar-refractivity contribution in [1.29, 1.82) is 0 Å². The first-order chi connectivity index (χ1) is 10.6. The van der Waals surface area contributed by atoms with Gasteiger partial charge < -0.3 is 10.2 Å². The quantitative estimate of drug-likeness (QED) is 0.944. The van der Waals surface area contributed by atoms with Crippen LogP contribution < -0.4 is 10.2 Å². The van der Waals surface area contributed by atoms with Crippen LogP contribution in [0.1, 0.15) is 39.6 Å². The molecule has 1 aromatic heterocycles. The Bertz CT molecular complexity index is 712. The molecule has 0 spiro atoms. The molecule has 1 amide bonds. The molecule has 1 atom stereocenters. The van der Waals surface area contributed by atoms with Gasteiger partial charge in [0.15, 0.2) is 0 Å². The summed E-state index contributed by atoms with van der Waals surface area (Å²) < 4.78 is 0. The Hall–Kier alpha value is -2.43. The average Bonchev–Trinajstić information content (AvgIpc) is 2.90. The lowest BCUT2D eigenvalue weighted by Gasteiger charge is -2.16. The van der Waals surface area contributed by atoms with Gasteiger partial charge in [0.25, 0.3) is 5.91 Å². The number of nitrogens with zero attached hydrogens (tertiary/aromatic N) is 3. The second-order valence-electron chi connectivity index (χ2n) is 5.83. The summed E-state index contributed by atoms with van der Waals surface area (Å²) in [6.07, 6.45) is 3.56.